The Labute approximate surface area is 131 Å². The van der Waals surface area contributed by atoms with Crippen molar-refractivity contribution in [2.24, 2.45) is 5.10 Å². The number of amides is 1. The number of carbonyl (C=O) groups is 1. The Morgan fingerprint density at radius 1 is 1.30 bits per heavy atom. The molecule has 1 amide bonds. The van der Waals surface area contributed by atoms with Gasteiger partial charge in [0.1, 0.15) is 0 Å². The summed E-state index contributed by atoms with van der Waals surface area (Å²) in [4.78, 5) is 22.1. The molecule has 10 heteroatoms. The molecule has 0 aliphatic heterocycles. The van der Waals surface area contributed by atoms with E-state index < -0.39 is 22.6 Å². The molecule has 0 bridgehead atoms. The molecule has 0 spiro atoms. The number of halogens is 3. The largest absolute Gasteiger partial charge is 0.416 e. The van der Waals surface area contributed by atoms with Gasteiger partial charge in [0.15, 0.2) is 0 Å². The van der Waals surface area contributed by atoms with Gasteiger partial charge in [0.2, 0.25) is 0 Å². The summed E-state index contributed by atoms with van der Waals surface area (Å²) in [5.74, 6) is -0.821. The number of hydrogen-bond acceptors (Lipinski definition) is 5. The van der Waals surface area contributed by atoms with Crippen LogP contribution in [0, 0.1) is 10.1 Å². The second-order valence-corrected chi connectivity index (χ2v) is 5.30. The normalized spacial score (nSPS) is 11.6. The first-order valence-electron chi connectivity index (χ1n) is 6.02. The molecule has 6 nitrogen and oxygen atoms in total. The highest BCUT2D eigenvalue weighted by Gasteiger charge is 2.30. The summed E-state index contributed by atoms with van der Waals surface area (Å²) in [6.07, 6.45) is -3.38. The van der Waals surface area contributed by atoms with Crippen LogP contribution < -0.4 is 5.43 Å². The van der Waals surface area contributed by atoms with Gasteiger partial charge in [0.05, 0.1) is 21.6 Å². The molecule has 0 fully saturated rings. The fraction of sp³-hybridized carbons (Fsp3) is 0.0769. The van der Waals surface area contributed by atoms with Crippen LogP contribution in [0.25, 0.3) is 0 Å². The van der Waals surface area contributed by atoms with Crippen molar-refractivity contribution < 1.29 is 22.9 Å². The number of hydrogen-bond donors (Lipinski definition) is 1. The molecule has 1 aromatic carbocycles. The SMILES string of the molecule is O=C(N/N=C/c1ccc([N+](=O)[O-])s1)c1cccc(C(F)(F)F)c1. The van der Waals surface area contributed by atoms with Crippen molar-refractivity contribution in [3.05, 3.63) is 62.5 Å². The third kappa shape index (κ3) is 4.36. The van der Waals surface area contributed by atoms with Crippen molar-refractivity contribution in [2.75, 3.05) is 0 Å². The molecule has 0 atom stereocenters. The van der Waals surface area contributed by atoms with Crippen LogP contribution in [0.15, 0.2) is 41.5 Å². The smallest absolute Gasteiger partial charge is 0.267 e. The van der Waals surface area contributed by atoms with E-state index in [1.165, 1.54) is 24.4 Å². The Morgan fingerprint density at radius 2 is 2.04 bits per heavy atom. The van der Waals surface area contributed by atoms with E-state index in [1.54, 1.807) is 0 Å². The van der Waals surface area contributed by atoms with Crippen molar-refractivity contribution in [1.82, 2.24) is 5.43 Å². The second kappa shape index (κ2) is 6.57. The molecule has 120 valence electrons. The molecule has 2 rings (SSSR count). The molecule has 0 unspecified atom stereocenters. The van der Waals surface area contributed by atoms with E-state index in [-0.39, 0.29) is 10.6 Å². The highest BCUT2D eigenvalue weighted by Crippen LogP contribution is 2.29. The maximum atomic E-state index is 12.6. The minimum Gasteiger partial charge on any atom is -0.267 e. The number of hydrazone groups is 1. The molecule has 1 aromatic heterocycles. The van der Waals surface area contributed by atoms with Crippen LogP contribution in [0.2, 0.25) is 0 Å². The van der Waals surface area contributed by atoms with Gasteiger partial charge < -0.3 is 0 Å². The number of rotatable bonds is 4. The first kappa shape index (κ1) is 16.6. The maximum absolute atomic E-state index is 12.6. The zero-order valence-corrected chi connectivity index (χ0v) is 12.0. The van der Waals surface area contributed by atoms with Crippen LogP contribution in [0.3, 0.4) is 0 Å². The lowest BCUT2D eigenvalue weighted by Gasteiger charge is -2.07. The molecule has 2 aromatic rings. The fourth-order valence-corrected chi connectivity index (χ4v) is 2.26. The molecule has 0 aliphatic carbocycles. The van der Waals surface area contributed by atoms with E-state index >= 15 is 0 Å². The molecular formula is C13H8F3N3O3S. The zero-order chi connectivity index (χ0) is 17.0. The van der Waals surface area contributed by atoms with E-state index in [2.05, 4.69) is 10.5 Å². The van der Waals surface area contributed by atoms with Crippen molar-refractivity contribution in [3.8, 4) is 0 Å². The van der Waals surface area contributed by atoms with Crippen LogP contribution in [0.5, 0.6) is 0 Å². The van der Waals surface area contributed by atoms with E-state index in [9.17, 15) is 28.1 Å². The summed E-state index contributed by atoms with van der Waals surface area (Å²) in [6.45, 7) is 0. The van der Waals surface area contributed by atoms with Gasteiger partial charge in [-0.2, -0.15) is 18.3 Å². The van der Waals surface area contributed by atoms with Gasteiger partial charge in [-0.1, -0.05) is 17.4 Å². The summed E-state index contributed by atoms with van der Waals surface area (Å²) in [5.41, 5.74) is 0.923. The first-order chi connectivity index (χ1) is 10.8. The lowest BCUT2D eigenvalue weighted by molar-refractivity contribution is -0.380. The van der Waals surface area contributed by atoms with Crippen LogP contribution in [-0.2, 0) is 6.18 Å². The molecule has 0 radical (unpaired) electrons. The molecule has 23 heavy (non-hydrogen) atoms. The minimum absolute atomic E-state index is 0.0874. The standard InChI is InChI=1S/C13H8F3N3O3S/c14-13(15,16)9-3-1-2-8(6-9)12(20)18-17-7-10-4-5-11(23-10)19(21)22/h1-7H,(H,18,20)/b17-7+. The Morgan fingerprint density at radius 3 is 2.65 bits per heavy atom. The van der Waals surface area contributed by atoms with Gasteiger partial charge in [-0.05, 0) is 24.3 Å². The predicted octanol–water partition coefficient (Wildman–Crippen LogP) is 3.44. The van der Waals surface area contributed by atoms with Gasteiger partial charge in [-0.15, -0.1) is 0 Å². The second-order valence-electron chi connectivity index (χ2n) is 4.21. The van der Waals surface area contributed by atoms with Crippen LogP contribution >= 0.6 is 11.3 Å². The summed E-state index contributed by atoms with van der Waals surface area (Å²) in [5, 5.41) is 14.0. The number of nitrogens with one attached hydrogen (secondary N) is 1. The first-order valence-corrected chi connectivity index (χ1v) is 6.84. The van der Waals surface area contributed by atoms with Gasteiger partial charge in [-0.25, -0.2) is 5.43 Å². The molecule has 1 N–H and O–H groups in total. The summed E-state index contributed by atoms with van der Waals surface area (Å²) >= 11 is 0.846. The average molecular weight is 343 g/mol. The number of carbonyl (C=O) groups excluding carboxylic acids is 1. The van der Waals surface area contributed by atoms with Crippen molar-refractivity contribution in [3.63, 3.8) is 0 Å². The quantitative estimate of drug-likeness (QED) is 0.524. The number of nitro groups is 1. The average Bonchev–Trinajstić information content (AvgIpc) is 2.95. The zero-order valence-electron chi connectivity index (χ0n) is 11.2. The lowest BCUT2D eigenvalue weighted by Crippen LogP contribution is -2.18. The van der Waals surface area contributed by atoms with Gasteiger partial charge >= 0.3 is 11.2 Å². The monoisotopic (exact) mass is 343 g/mol. The fourth-order valence-electron chi connectivity index (χ4n) is 1.57. The third-order valence-electron chi connectivity index (χ3n) is 2.60. The summed E-state index contributed by atoms with van der Waals surface area (Å²) < 4.78 is 37.7. The number of alkyl halides is 3. The Balaban J connectivity index is 2.04. The third-order valence-corrected chi connectivity index (χ3v) is 3.57. The highest BCUT2D eigenvalue weighted by molar-refractivity contribution is 7.16. The van der Waals surface area contributed by atoms with Crippen molar-refractivity contribution >= 4 is 28.5 Å². The van der Waals surface area contributed by atoms with Crippen molar-refractivity contribution in [1.29, 1.82) is 0 Å². The highest BCUT2D eigenvalue weighted by atomic mass is 32.1. The minimum atomic E-state index is -4.55. The van der Waals surface area contributed by atoms with Crippen LogP contribution in [-0.4, -0.2) is 17.0 Å². The topological polar surface area (TPSA) is 84.6 Å². The number of thiophene rings is 1. The lowest BCUT2D eigenvalue weighted by atomic mass is 10.1. The molecule has 0 saturated carbocycles. The predicted molar refractivity (Wildman–Crippen MR) is 77.5 cm³/mol. The summed E-state index contributed by atoms with van der Waals surface area (Å²) in [6, 6.07) is 6.61. The molecule has 1 heterocycles. The van der Waals surface area contributed by atoms with E-state index in [0.717, 1.165) is 23.5 Å². The Bertz CT molecular complexity index is 771. The van der Waals surface area contributed by atoms with Gasteiger partial charge in [-0.3, -0.25) is 14.9 Å². The van der Waals surface area contributed by atoms with E-state index in [0.29, 0.717) is 10.9 Å². The van der Waals surface area contributed by atoms with E-state index in [4.69, 9.17) is 0 Å². The van der Waals surface area contributed by atoms with Crippen LogP contribution in [0.1, 0.15) is 20.8 Å². The Kier molecular flexibility index (Phi) is 4.74. The van der Waals surface area contributed by atoms with Crippen molar-refractivity contribution in [2.45, 2.75) is 6.18 Å². The van der Waals surface area contributed by atoms with Crippen LogP contribution in [0.4, 0.5) is 18.2 Å². The maximum Gasteiger partial charge on any atom is 0.416 e. The molecule has 0 aliphatic rings. The molecule has 0 saturated heterocycles. The van der Waals surface area contributed by atoms with E-state index in [1.807, 2.05) is 0 Å². The number of benzene rings is 1. The molecular weight excluding hydrogens is 335 g/mol. The summed E-state index contributed by atoms with van der Waals surface area (Å²) in [7, 11) is 0. The Hall–Kier alpha value is -2.75. The van der Waals surface area contributed by atoms with Gasteiger partial charge in [0, 0.05) is 11.6 Å². The van der Waals surface area contributed by atoms with Gasteiger partial charge in [0.25, 0.3) is 5.91 Å². The number of nitrogens with zero attached hydrogens (tertiary/aromatic N) is 2.